The molecule has 0 amide bonds. The quantitative estimate of drug-likeness (QED) is 0.886. The van der Waals surface area contributed by atoms with Gasteiger partial charge < -0.3 is 9.88 Å². The van der Waals surface area contributed by atoms with Crippen LogP contribution in [0.5, 0.6) is 0 Å². The maximum atomic E-state index is 12.5. The fourth-order valence-corrected chi connectivity index (χ4v) is 3.15. The molecular formula is C14H21N5O2. The molecule has 1 saturated heterocycles. The van der Waals surface area contributed by atoms with E-state index in [2.05, 4.69) is 10.3 Å². The first-order valence-corrected chi connectivity index (χ1v) is 7.53. The average Bonchev–Trinajstić information content (AvgIpc) is 3.12. The summed E-state index contributed by atoms with van der Waals surface area (Å²) in [4.78, 5) is 29.4. The van der Waals surface area contributed by atoms with Crippen LogP contribution in [0.2, 0.25) is 0 Å². The van der Waals surface area contributed by atoms with Gasteiger partial charge in [0.05, 0.1) is 6.04 Å². The minimum absolute atomic E-state index is 0.169. The smallest absolute Gasteiger partial charge is 0.321 e. The van der Waals surface area contributed by atoms with Gasteiger partial charge in [-0.25, -0.2) is 9.78 Å². The maximum absolute atomic E-state index is 12.5. The zero-order valence-electron chi connectivity index (χ0n) is 12.7. The average molecular weight is 291 g/mol. The molecule has 1 atom stereocenters. The van der Waals surface area contributed by atoms with Crippen molar-refractivity contribution in [3.8, 4) is 0 Å². The topological polar surface area (TPSA) is 73.8 Å². The summed E-state index contributed by atoms with van der Waals surface area (Å²) in [7, 11) is 1.52. The molecular weight excluding hydrogens is 270 g/mol. The van der Waals surface area contributed by atoms with Crippen LogP contribution in [0.25, 0.3) is 11.2 Å². The second kappa shape index (κ2) is 5.14. The molecule has 2 aromatic heterocycles. The highest BCUT2D eigenvalue weighted by Gasteiger charge is 2.25. The van der Waals surface area contributed by atoms with Crippen molar-refractivity contribution < 1.29 is 0 Å². The number of nitrogens with zero attached hydrogens (tertiary/aromatic N) is 4. The molecule has 0 aliphatic carbocycles. The molecule has 1 aliphatic heterocycles. The summed E-state index contributed by atoms with van der Waals surface area (Å²) in [5.74, 6) is 0.870. The van der Waals surface area contributed by atoms with E-state index in [4.69, 9.17) is 0 Å². The van der Waals surface area contributed by atoms with Gasteiger partial charge in [0.2, 0.25) is 0 Å². The summed E-state index contributed by atoms with van der Waals surface area (Å²) in [6.45, 7) is 6.03. The minimum Gasteiger partial charge on any atom is -0.321 e. The van der Waals surface area contributed by atoms with Crippen LogP contribution in [0, 0.1) is 0 Å². The van der Waals surface area contributed by atoms with E-state index >= 15 is 0 Å². The Balaban J connectivity index is 2.40. The van der Waals surface area contributed by atoms with E-state index in [0.29, 0.717) is 24.3 Å². The Hall–Kier alpha value is -1.89. The van der Waals surface area contributed by atoms with Gasteiger partial charge in [-0.15, -0.1) is 0 Å². The van der Waals surface area contributed by atoms with Gasteiger partial charge in [0.25, 0.3) is 5.56 Å². The number of aryl methyl sites for hydroxylation is 2. The van der Waals surface area contributed by atoms with Crippen LogP contribution in [-0.2, 0) is 20.1 Å². The van der Waals surface area contributed by atoms with Crippen LogP contribution in [0.1, 0.15) is 38.6 Å². The van der Waals surface area contributed by atoms with Crippen LogP contribution in [0.4, 0.5) is 0 Å². The molecule has 114 valence electrons. The second-order valence-electron chi connectivity index (χ2n) is 5.43. The van der Waals surface area contributed by atoms with E-state index in [1.807, 2.05) is 18.4 Å². The molecule has 3 rings (SSSR count). The molecule has 21 heavy (non-hydrogen) atoms. The van der Waals surface area contributed by atoms with Crippen molar-refractivity contribution in [2.75, 3.05) is 6.54 Å². The third-order valence-corrected chi connectivity index (χ3v) is 4.26. The Kier molecular flexibility index (Phi) is 3.44. The summed E-state index contributed by atoms with van der Waals surface area (Å²) in [6, 6.07) is 0.169. The number of nitrogens with one attached hydrogen (secondary N) is 1. The van der Waals surface area contributed by atoms with Crippen LogP contribution >= 0.6 is 0 Å². The van der Waals surface area contributed by atoms with Crippen LogP contribution in [0.15, 0.2) is 9.59 Å². The molecule has 1 N–H and O–H groups in total. The van der Waals surface area contributed by atoms with Gasteiger partial charge in [0, 0.05) is 20.1 Å². The number of imidazole rings is 1. The molecule has 0 radical (unpaired) electrons. The first kappa shape index (κ1) is 14.1. The van der Waals surface area contributed by atoms with E-state index < -0.39 is 0 Å². The molecule has 0 saturated carbocycles. The molecule has 7 nitrogen and oxygen atoms in total. The lowest BCUT2D eigenvalue weighted by Gasteiger charge is -2.11. The van der Waals surface area contributed by atoms with Gasteiger partial charge in [-0.1, -0.05) is 0 Å². The van der Waals surface area contributed by atoms with E-state index in [0.717, 1.165) is 25.2 Å². The predicted octanol–water partition coefficient (Wildman–Crippen LogP) is 0.361. The van der Waals surface area contributed by atoms with E-state index in [1.165, 1.54) is 11.6 Å². The third-order valence-electron chi connectivity index (χ3n) is 4.26. The summed E-state index contributed by atoms with van der Waals surface area (Å²) >= 11 is 0. The summed E-state index contributed by atoms with van der Waals surface area (Å²) in [5.41, 5.74) is 0.473. The van der Waals surface area contributed by atoms with Crippen molar-refractivity contribution >= 4 is 11.2 Å². The van der Waals surface area contributed by atoms with Crippen molar-refractivity contribution in [3.63, 3.8) is 0 Å². The van der Waals surface area contributed by atoms with Crippen molar-refractivity contribution in [2.45, 2.75) is 45.8 Å². The molecule has 1 unspecified atom stereocenters. The van der Waals surface area contributed by atoms with E-state index in [1.54, 1.807) is 4.57 Å². The van der Waals surface area contributed by atoms with Gasteiger partial charge >= 0.3 is 5.69 Å². The van der Waals surface area contributed by atoms with Crippen molar-refractivity contribution in [3.05, 3.63) is 26.7 Å². The first-order chi connectivity index (χ1) is 10.1. The fourth-order valence-electron chi connectivity index (χ4n) is 3.15. The summed E-state index contributed by atoms with van der Waals surface area (Å²) in [6.07, 6.45) is 2.12. The Labute approximate surface area is 122 Å². The number of rotatable bonds is 3. The molecule has 7 heteroatoms. The Bertz CT molecular complexity index is 792. The SMILES string of the molecule is CCn1c(C2CCCN2)nc2c1c(=O)n(C)c(=O)n2CC. The number of hydrogen-bond acceptors (Lipinski definition) is 4. The third kappa shape index (κ3) is 1.95. The largest absolute Gasteiger partial charge is 0.332 e. The van der Waals surface area contributed by atoms with E-state index in [-0.39, 0.29) is 17.3 Å². The first-order valence-electron chi connectivity index (χ1n) is 7.53. The van der Waals surface area contributed by atoms with Crippen molar-refractivity contribution in [1.29, 1.82) is 0 Å². The Morgan fingerprint density at radius 3 is 2.52 bits per heavy atom. The molecule has 3 heterocycles. The maximum Gasteiger partial charge on any atom is 0.332 e. The second-order valence-corrected chi connectivity index (χ2v) is 5.43. The zero-order valence-corrected chi connectivity index (χ0v) is 12.7. The molecule has 0 bridgehead atoms. The molecule has 1 aliphatic rings. The van der Waals surface area contributed by atoms with Gasteiger partial charge in [-0.2, -0.15) is 0 Å². The standard InChI is InChI=1S/C14H21N5O2/c1-4-18-10-12(16-11(18)9-7-6-8-15-9)19(5-2)14(21)17(3)13(10)20/h9,15H,4-8H2,1-3H3. The highest BCUT2D eigenvalue weighted by molar-refractivity contribution is 5.71. The zero-order chi connectivity index (χ0) is 15.1. The molecule has 0 aromatic carbocycles. The Morgan fingerprint density at radius 1 is 1.24 bits per heavy atom. The summed E-state index contributed by atoms with van der Waals surface area (Å²) < 4.78 is 4.69. The Morgan fingerprint density at radius 2 is 1.95 bits per heavy atom. The highest BCUT2D eigenvalue weighted by atomic mass is 16.2. The lowest BCUT2D eigenvalue weighted by Crippen LogP contribution is -2.38. The summed E-state index contributed by atoms with van der Waals surface area (Å²) in [5, 5.41) is 3.42. The lowest BCUT2D eigenvalue weighted by atomic mass is 10.2. The van der Waals surface area contributed by atoms with Crippen LogP contribution < -0.4 is 16.6 Å². The highest BCUT2D eigenvalue weighted by Crippen LogP contribution is 2.24. The van der Waals surface area contributed by atoms with Gasteiger partial charge in [-0.05, 0) is 33.2 Å². The molecule has 2 aromatic rings. The fraction of sp³-hybridized carbons (Fsp3) is 0.643. The van der Waals surface area contributed by atoms with Crippen LogP contribution in [0.3, 0.4) is 0 Å². The monoisotopic (exact) mass is 291 g/mol. The van der Waals surface area contributed by atoms with Crippen molar-refractivity contribution in [2.24, 2.45) is 7.05 Å². The predicted molar refractivity (Wildman–Crippen MR) is 80.6 cm³/mol. The lowest BCUT2D eigenvalue weighted by molar-refractivity contribution is 0.564. The molecule has 1 fully saturated rings. The molecule has 0 spiro atoms. The number of aromatic nitrogens is 4. The van der Waals surface area contributed by atoms with Gasteiger partial charge in [0.1, 0.15) is 5.82 Å². The number of hydrogen-bond donors (Lipinski definition) is 1. The van der Waals surface area contributed by atoms with Gasteiger partial charge in [-0.3, -0.25) is 13.9 Å². The van der Waals surface area contributed by atoms with Gasteiger partial charge in [0.15, 0.2) is 11.2 Å². The number of fused-ring (bicyclic) bond motifs is 1. The van der Waals surface area contributed by atoms with Crippen molar-refractivity contribution in [1.82, 2.24) is 24.0 Å². The van der Waals surface area contributed by atoms with Crippen LogP contribution in [-0.4, -0.2) is 25.2 Å². The normalized spacial score (nSPS) is 18.7. The minimum atomic E-state index is -0.304. The van der Waals surface area contributed by atoms with E-state index in [9.17, 15) is 9.59 Å².